The topological polar surface area (TPSA) is 35.5 Å². The first-order chi connectivity index (χ1) is 19.1. The molecule has 3 nitrogen and oxygen atoms in total. The summed E-state index contributed by atoms with van der Waals surface area (Å²) >= 11 is 1.97. The maximum atomic E-state index is 12.6. The van der Waals surface area contributed by atoms with Gasteiger partial charge < -0.3 is 9.47 Å². The van der Waals surface area contributed by atoms with Crippen molar-refractivity contribution in [1.82, 2.24) is 0 Å². The highest BCUT2D eigenvalue weighted by Crippen LogP contribution is 2.25. The Balaban J connectivity index is 1.41. The van der Waals surface area contributed by atoms with Gasteiger partial charge in [0.2, 0.25) is 0 Å². The van der Waals surface area contributed by atoms with Gasteiger partial charge in [0.15, 0.2) is 0 Å². The zero-order valence-electron chi connectivity index (χ0n) is 24.1. The maximum Gasteiger partial charge on any atom is 0.343 e. The van der Waals surface area contributed by atoms with Gasteiger partial charge in [-0.2, -0.15) is 11.8 Å². The lowest BCUT2D eigenvalue weighted by molar-refractivity contribution is 0.0734. The molecule has 0 saturated carbocycles. The van der Waals surface area contributed by atoms with Crippen molar-refractivity contribution in [1.29, 1.82) is 0 Å². The number of thioether (sulfide) groups is 1. The number of hydrogen-bond donors (Lipinski definition) is 0. The minimum absolute atomic E-state index is 0.332. The van der Waals surface area contributed by atoms with E-state index in [2.05, 4.69) is 32.9 Å². The van der Waals surface area contributed by atoms with Gasteiger partial charge in [0.05, 0.1) is 12.2 Å². The number of ether oxygens (including phenoxy) is 2. The van der Waals surface area contributed by atoms with E-state index in [9.17, 15) is 4.79 Å². The fourth-order valence-electron chi connectivity index (χ4n) is 4.61. The summed E-state index contributed by atoms with van der Waals surface area (Å²) in [5, 5.41) is 0. The lowest BCUT2D eigenvalue weighted by Crippen LogP contribution is -2.09. The minimum atomic E-state index is -0.332. The number of hydrogen-bond acceptors (Lipinski definition) is 4. The normalized spacial score (nSPS) is 11.8. The van der Waals surface area contributed by atoms with Crippen molar-refractivity contribution >= 4 is 17.7 Å². The standard InChI is InChI=1S/C35H46O3S/c1-4-6-7-8-9-10-11-12-25-37-33-21-17-30(18-22-33)31-19-23-34(24-20-31)38-35(36)32-15-13-29(14-16-32)26-28(3)27-39-5-2/h13-24,28H,4-12,25-27H2,1-3H3. The molecule has 0 amide bonds. The van der Waals surface area contributed by atoms with Crippen LogP contribution in [0.1, 0.15) is 88.1 Å². The van der Waals surface area contributed by atoms with Crippen molar-refractivity contribution in [3.63, 3.8) is 0 Å². The molecule has 39 heavy (non-hydrogen) atoms. The van der Waals surface area contributed by atoms with Crippen molar-refractivity contribution in [2.24, 2.45) is 5.92 Å². The fraction of sp³-hybridized carbons (Fsp3) is 0.457. The highest BCUT2D eigenvalue weighted by molar-refractivity contribution is 7.99. The summed E-state index contributed by atoms with van der Waals surface area (Å²) in [4.78, 5) is 12.6. The summed E-state index contributed by atoms with van der Waals surface area (Å²) in [5.41, 5.74) is 4.00. The maximum absolute atomic E-state index is 12.6. The van der Waals surface area contributed by atoms with E-state index >= 15 is 0 Å². The first-order valence-corrected chi connectivity index (χ1v) is 16.0. The number of carbonyl (C=O) groups is 1. The SMILES string of the molecule is CCCCCCCCCCOc1ccc(-c2ccc(OC(=O)c3ccc(CC(C)CSCC)cc3)cc2)cc1. The second-order valence-corrected chi connectivity index (χ2v) is 11.7. The molecule has 0 N–H and O–H groups in total. The number of benzene rings is 3. The number of unbranched alkanes of at least 4 members (excludes halogenated alkanes) is 7. The lowest BCUT2D eigenvalue weighted by Gasteiger charge is -2.11. The van der Waals surface area contributed by atoms with Gasteiger partial charge in [-0.25, -0.2) is 4.79 Å². The third kappa shape index (κ3) is 11.5. The molecule has 3 aromatic carbocycles. The molecule has 0 saturated heterocycles. The molecular formula is C35H46O3S. The average Bonchev–Trinajstić information content (AvgIpc) is 2.96. The monoisotopic (exact) mass is 546 g/mol. The third-order valence-corrected chi connectivity index (χ3v) is 8.11. The van der Waals surface area contributed by atoms with E-state index in [4.69, 9.17) is 9.47 Å². The van der Waals surface area contributed by atoms with E-state index in [1.54, 1.807) is 0 Å². The highest BCUT2D eigenvalue weighted by atomic mass is 32.2. The van der Waals surface area contributed by atoms with E-state index in [0.717, 1.165) is 47.8 Å². The molecule has 0 aliphatic heterocycles. The van der Waals surface area contributed by atoms with Crippen LogP contribution in [0.5, 0.6) is 11.5 Å². The third-order valence-electron chi connectivity index (χ3n) is 6.90. The summed E-state index contributed by atoms with van der Waals surface area (Å²) in [6.45, 7) is 7.50. The van der Waals surface area contributed by atoms with E-state index in [-0.39, 0.29) is 5.97 Å². The van der Waals surface area contributed by atoms with Gasteiger partial charge in [-0.05, 0) is 83.4 Å². The molecule has 1 atom stereocenters. The Morgan fingerprint density at radius 3 is 1.87 bits per heavy atom. The van der Waals surface area contributed by atoms with Crippen LogP contribution in [0, 0.1) is 5.92 Å². The second-order valence-electron chi connectivity index (χ2n) is 10.4. The largest absolute Gasteiger partial charge is 0.494 e. The van der Waals surface area contributed by atoms with Crippen molar-refractivity contribution in [3.8, 4) is 22.6 Å². The molecule has 0 fully saturated rings. The number of carbonyl (C=O) groups excluding carboxylic acids is 1. The number of rotatable bonds is 18. The van der Waals surface area contributed by atoms with Gasteiger partial charge in [0.1, 0.15) is 11.5 Å². The smallest absolute Gasteiger partial charge is 0.343 e. The molecule has 4 heteroatoms. The Morgan fingerprint density at radius 2 is 1.28 bits per heavy atom. The summed E-state index contributed by atoms with van der Waals surface area (Å²) < 4.78 is 11.5. The molecular weight excluding hydrogens is 500 g/mol. The van der Waals surface area contributed by atoms with Crippen LogP contribution in [0.3, 0.4) is 0 Å². The molecule has 0 radical (unpaired) electrons. The van der Waals surface area contributed by atoms with Crippen LogP contribution >= 0.6 is 11.8 Å². The van der Waals surface area contributed by atoms with Gasteiger partial charge in [-0.1, -0.05) is 102 Å². The predicted octanol–water partition coefficient (Wildman–Crippen LogP) is 10.0. The summed E-state index contributed by atoms with van der Waals surface area (Å²) in [6, 6.07) is 23.7. The van der Waals surface area contributed by atoms with Crippen molar-refractivity contribution in [2.45, 2.75) is 78.6 Å². The molecule has 0 aromatic heterocycles. The molecule has 0 heterocycles. The van der Waals surface area contributed by atoms with Crippen molar-refractivity contribution < 1.29 is 14.3 Å². The molecule has 0 aliphatic rings. The molecule has 0 aliphatic carbocycles. The van der Waals surface area contributed by atoms with E-state index in [1.165, 1.54) is 50.5 Å². The van der Waals surface area contributed by atoms with Crippen molar-refractivity contribution in [2.75, 3.05) is 18.1 Å². The molecule has 0 bridgehead atoms. The molecule has 210 valence electrons. The van der Waals surface area contributed by atoms with Crippen LogP contribution in [0.4, 0.5) is 0 Å². The lowest BCUT2D eigenvalue weighted by atomic mass is 10.0. The van der Waals surface area contributed by atoms with Crippen LogP contribution in [-0.2, 0) is 6.42 Å². The average molecular weight is 547 g/mol. The predicted molar refractivity (Wildman–Crippen MR) is 167 cm³/mol. The minimum Gasteiger partial charge on any atom is -0.494 e. The number of esters is 1. The Bertz CT molecular complexity index is 1070. The van der Waals surface area contributed by atoms with Crippen LogP contribution in [0.15, 0.2) is 72.8 Å². The van der Waals surface area contributed by atoms with E-state index in [1.807, 2.05) is 72.4 Å². The van der Waals surface area contributed by atoms with E-state index in [0.29, 0.717) is 17.2 Å². The van der Waals surface area contributed by atoms with Gasteiger partial charge >= 0.3 is 5.97 Å². The summed E-state index contributed by atoms with van der Waals surface area (Å²) in [5.74, 6) is 4.05. The fourth-order valence-corrected chi connectivity index (χ4v) is 5.36. The molecule has 1 unspecified atom stereocenters. The highest BCUT2D eigenvalue weighted by Gasteiger charge is 2.10. The first-order valence-electron chi connectivity index (χ1n) is 14.8. The van der Waals surface area contributed by atoms with Gasteiger partial charge in [-0.3, -0.25) is 0 Å². The molecule has 3 rings (SSSR count). The van der Waals surface area contributed by atoms with Crippen LogP contribution in [0.2, 0.25) is 0 Å². The quantitative estimate of drug-likeness (QED) is 0.0903. The summed E-state index contributed by atoms with van der Waals surface area (Å²) in [7, 11) is 0. The van der Waals surface area contributed by atoms with Crippen LogP contribution in [-0.4, -0.2) is 24.1 Å². The summed E-state index contributed by atoms with van der Waals surface area (Å²) in [6.07, 6.45) is 11.4. The first kappa shape index (κ1) is 30.8. The zero-order valence-corrected chi connectivity index (χ0v) is 24.9. The van der Waals surface area contributed by atoms with Crippen LogP contribution < -0.4 is 9.47 Å². The van der Waals surface area contributed by atoms with Crippen molar-refractivity contribution in [3.05, 3.63) is 83.9 Å². The van der Waals surface area contributed by atoms with Gasteiger partial charge in [0, 0.05) is 0 Å². The second kappa shape index (κ2) is 17.8. The van der Waals surface area contributed by atoms with Gasteiger partial charge in [0.25, 0.3) is 0 Å². The Hall–Kier alpha value is -2.72. The Kier molecular flexibility index (Phi) is 14.1. The van der Waals surface area contributed by atoms with Crippen LogP contribution in [0.25, 0.3) is 11.1 Å². The Morgan fingerprint density at radius 1 is 0.718 bits per heavy atom. The van der Waals surface area contributed by atoms with Gasteiger partial charge in [-0.15, -0.1) is 0 Å². The molecule has 0 spiro atoms. The molecule has 3 aromatic rings. The zero-order chi connectivity index (χ0) is 27.7. The Labute approximate surface area is 240 Å². The van der Waals surface area contributed by atoms with E-state index < -0.39 is 0 Å².